The quantitative estimate of drug-likeness (QED) is 0.937. The van der Waals surface area contributed by atoms with Gasteiger partial charge in [0.25, 0.3) is 0 Å². The Kier molecular flexibility index (Phi) is 4.36. The zero-order chi connectivity index (χ0) is 13.0. The van der Waals surface area contributed by atoms with Crippen molar-refractivity contribution in [3.63, 3.8) is 0 Å². The number of hydrogen-bond acceptors (Lipinski definition) is 4. The monoisotopic (exact) mass is 283 g/mol. The highest BCUT2D eigenvalue weighted by molar-refractivity contribution is 6.35. The lowest BCUT2D eigenvalue weighted by molar-refractivity contribution is 0.292. The van der Waals surface area contributed by atoms with Gasteiger partial charge in [-0.05, 0) is 12.1 Å². The maximum atomic E-state index is 6.03. The van der Waals surface area contributed by atoms with Crippen LogP contribution < -0.4 is 10.5 Å². The van der Waals surface area contributed by atoms with Crippen LogP contribution in [0.15, 0.2) is 30.6 Å². The van der Waals surface area contributed by atoms with Gasteiger partial charge in [0, 0.05) is 22.2 Å². The van der Waals surface area contributed by atoms with Crippen molar-refractivity contribution in [2.24, 2.45) is 5.73 Å². The van der Waals surface area contributed by atoms with Gasteiger partial charge < -0.3 is 10.5 Å². The summed E-state index contributed by atoms with van der Waals surface area (Å²) in [6.07, 6.45) is 3.09. The second kappa shape index (κ2) is 6.00. The van der Waals surface area contributed by atoms with Crippen molar-refractivity contribution in [1.82, 2.24) is 9.97 Å². The highest BCUT2D eigenvalue weighted by Gasteiger charge is 2.06. The minimum absolute atomic E-state index is 0.245. The third-order valence-electron chi connectivity index (χ3n) is 2.32. The molecule has 1 heterocycles. The molecule has 0 aliphatic rings. The van der Waals surface area contributed by atoms with E-state index in [0.717, 1.165) is 5.56 Å². The van der Waals surface area contributed by atoms with Crippen LogP contribution in [-0.4, -0.2) is 9.97 Å². The number of hydrogen-bond donors (Lipinski definition) is 1. The molecule has 0 aliphatic heterocycles. The fourth-order valence-electron chi connectivity index (χ4n) is 1.34. The molecular weight excluding hydrogens is 273 g/mol. The molecule has 6 heteroatoms. The number of rotatable bonds is 4. The molecule has 2 N–H and O–H groups in total. The van der Waals surface area contributed by atoms with E-state index in [0.29, 0.717) is 28.2 Å². The normalized spacial score (nSPS) is 10.4. The van der Waals surface area contributed by atoms with Crippen molar-refractivity contribution >= 4 is 23.2 Å². The van der Waals surface area contributed by atoms with Gasteiger partial charge in [-0.3, -0.25) is 4.98 Å². The third-order valence-corrected chi connectivity index (χ3v) is 3.03. The molecule has 2 aromatic rings. The summed E-state index contributed by atoms with van der Waals surface area (Å²) in [5, 5.41) is 1.13. The van der Waals surface area contributed by atoms with Crippen molar-refractivity contribution in [2.45, 2.75) is 13.2 Å². The molecular formula is C12H11Cl2N3O. The van der Waals surface area contributed by atoms with Gasteiger partial charge in [0.1, 0.15) is 6.61 Å². The predicted octanol–water partition coefficient (Wildman–Crippen LogP) is 2.82. The first-order valence-electron chi connectivity index (χ1n) is 5.27. The van der Waals surface area contributed by atoms with Crippen LogP contribution in [0.5, 0.6) is 5.88 Å². The van der Waals surface area contributed by atoms with Gasteiger partial charge in [-0.1, -0.05) is 29.3 Å². The van der Waals surface area contributed by atoms with E-state index in [-0.39, 0.29) is 6.61 Å². The van der Waals surface area contributed by atoms with Crippen LogP contribution >= 0.6 is 23.2 Å². The van der Waals surface area contributed by atoms with Crippen LogP contribution in [0.1, 0.15) is 11.3 Å². The average Bonchev–Trinajstić information content (AvgIpc) is 2.39. The maximum absolute atomic E-state index is 6.03. The maximum Gasteiger partial charge on any atom is 0.232 e. The van der Waals surface area contributed by atoms with E-state index < -0.39 is 0 Å². The van der Waals surface area contributed by atoms with Crippen molar-refractivity contribution in [3.05, 3.63) is 51.9 Å². The summed E-state index contributed by atoms with van der Waals surface area (Å²) < 4.78 is 5.47. The molecule has 0 bridgehead atoms. The van der Waals surface area contributed by atoms with Crippen molar-refractivity contribution in [2.75, 3.05) is 0 Å². The van der Waals surface area contributed by atoms with Crippen molar-refractivity contribution in [3.8, 4) is 5.88 Å². The van der Waals surface area contributed by atoms with E-state index in [4.69, 9.17) is 33.7 Å². The molecule has 0 spiro atoms. The number of benzene rings is 1. The van der Waals surface area contributed by atoms with Gasteiger partial charge >= 0.3 is 0 Å². The zero-order valence-corrected chi connectivity index (χ0v) is 10.9. The Morgan fingerprint density at radius 3 is 2.39 bits per heavy atom. The molecule has 1 aromatic carbocycles. The first kappa shape index (κ1) is 13.1. The average molecular weight is 284 g/mol. The van der Waals surface area contributed by atoms with Crippen LogP contribution in [0.25, 0.3) is 0 Å². The molecule has 94 valence electrons. The Morgan fingerprint density at radius 2 is 1.83 bits per heavy atom. The van der Waals surface area contributed by atoms with Crippen LogP contribution in [0.4, 0.5) is 0 Å². The summed E-state index contributed by atoms with van der Waals surface area (Å²) in [4.78, 5) is 8.15. The predicted molar refractivity (Wildman–Crippen MR) is 70.7 cm³/mol. The molecule has 1 aromatic heterocycles. The van der Waals surface area contributed by atoms with E-state index in [1.54, 1.807) is 24.4 Å². The number of nitrogens with two attached hydrogens (primary N) is 1. The molecule has 0 atom stereocenters. The highest BCUT2D eigenvalue weighted by Crippen LogP contribution is 2.25. The topological polar surface area (TPSA) is 61.0 Å². The standard InChI is InChI=1S/C12H11Cl2N3O/c13-10-2-1-3-11(14)9(10)7-18-12-6-16-8(4-15)5-17-12/h1-3,5-6H,4,7,15H2. The lowest BCUT2D eigenvalue weighted by Crippen LogP contribution is -2.03. The molecule has 0 radical (unpaired) electrons. The minimum atomic E-state index is 0.245. The zero-order valence-electron chi connectivity index (χ0n) is 9.44. The van der Waals surface area contributed by atoms with E-state index in [2.05, 4.69) is 9.97 Å². The number of halogens is 2. The van der Waals surface area contributed by atoms with Crippen molar-refractivity contribution in [1.29, 1.82) is 0 Å². The summed E-state index contributed by atoms with van der Waals surface area (Å²) >= 11 is 12.1. The van der Waals surface area contributed by atoms with E-state index in [9.17, 15) is 0 Å². The first-order valence-corrected chi connectivity index (χ1v) is 6.03. The first-order chi connectivity index (χ1) is 8.70. The van der Waals surface area contributed by atoms with Gasteiger partial charge in [0.2, 0.25) is 5.88 Å². The van der Waals surface area contributed by atoms with Crippen LogP contribution in [0.3, 0.4) is 0 Å². The summed E-state index contributed by atoms with van der Waals surface area (Å²) in [7, 11) is 0. The molecule has 0 amide bonds. The largest absolute Gasteiger partial charge is 0.472 e. The number of nitrogens with zero attached hydrogens (tertiary/aromatic N) is 2. The lowest BCUT2D eigenvalue weighted by Gasteiger charge is -2.08. The van der Waals surface area contributed by atoms with Crippen LogP contribution in [0, 0.1) is 0 Å². The summed E-state index contributed by atoms with van der Waals surface area (Å²) in [5.41, 5.74) is 6.86. The minimum Gasteiger partial charge on any atom is -0.472 e. The van der Waals surface area contributed by atoms with Gasteiger partial charge in [0.05, 0.1) is 18.1 Å². The Hall–Kier alpha value is -1.36. The fourth-order valence-corrected chi connectivity index (χ4v) is 1.85. The SMILES string of the molecule is NCc1cnc(OCc2c(Cl)cccc2Cl)cn1. The third kappa shape index (κ3) is 3.10. The molecule has 4 nitrogen and oxygen atoms in total. The molecule has 18 heavy (non-hydrogen) atoms. The molecule has 0 unspecified atom stereocenters. The molecule has 0 saturated heterocycles. The fraction of sp³-hybridized carbons (Fsp3) is 0.167. The van der Waals surface area contributed by atoms with E-state index in [1.165, 1.54) is 6.20 Å². The molecule has 0 saturated carbocycles. The molecule has 0 fully saturated rings. The Morgan fingerprint density at radius 1 is 1.11 bits per heavy atom. The Labute approximate surface area is 115 Å². The van der Waals surface area contributed by atoms with E-state index in [1.807, 2.05) is 0 Å². The van der Waals surface area contributed by atoms with Crippen LogP contribution in [0.2, 0.25) is 10.0 Å². The smallest absolute Gasteiger partial charge is 0.232 e. The highest BCUT2D eigenvalue weighted by atomic mass is 35.5. The van der Waals surface area contributed by atoms with Crippen molar-refractivity contribution < 1.29 is 4.74 Å². The van der Waals surface area contributed by atoms with Gasteiger partial charge in [-0.15, -0.1) is 0 Å². The Balaban J connectivity index is 2.06. The second-order valence-corrected chi connectivity index (χ2v) is 4.35. The van der Waals surface area contributed by atoms with E-state index >= 15 is 0 Å². The summed E-state index contributed by atoms with van der Waals surface area (Å²) in [6, 6.07) is 5.30. The number of ether oxygens (including phenoxy) is 1. The second-order valence-electron chi connectivity index (χ2n) is 3.54. The van der Waals surface area contributed by atoms with Crippen LogP contribution in [-0.2, 0) is 13.2 Å². The van der Waals surface area contributed by atoms with Gasteiger partial charge in [-0.2, -0.15) is 0 Å². The molecule has 2 rings (SSSR count). The van der Waals surface area contributed by atoms with Gasteiger partial charge in [0.15, 0.2) is 0 Å². The lowest BCUT2D eigenvalue weighted by atomic mass is 10.2. The van der Waals surface area contributed by atoms with Gasteiger partial charge in [-0.25, -0.2) is 4.98 Å². The summed E-state index contributed by atoms with van der Waals surface area (Å²) in [5.74, 6) is 0.406. The number of aromatic nitrogens is 2. The summed E-state index contributed by atoms with van der Waals surface area (Å²) in [6.45, 7) is 0.596. The molecule has 0 aliphatic carbocycles. The Bertz CT molecular complexity index is 511.